The standard InChI is InChI=1S/C19H10N4O6/c20-8-11(9-21)10-29-19(24)16-3-1-2-12-6-14-7-13(4-5-15(14)17(12)16)18(22(25)26)23(27)28/h1-7,11H,10H2. The van der Waals surface area contributed by atoms with Gasteiger partial charge in [-0.25, -0.2) is 4.79 Å². The summed E-state index contributed by atoms with van der Waals surface area (Å²) in [6.07, 6.45) is 1.65. The number of nitrogens with zero attached hydrogens (tertiary/aromatic N) is 4. The van der Waals surface area contributed by atoms with Crippen molar-refractivity contribution in [2.45, 2.75) is 0 Å². The van der Waals surface area contributed by atoms with Crippen molar-refractivity contribution in [3.8, 4) is 12.1 Å². The number of nitriles is 2. The summed E-state index contributed by atoms with van der Waals surface area (Å²) in [7, 11) is 0. The molecular weight excluding hydrogens is 380 g/mol. The van der Waals surface area contributed by atoms with Gasteiger partial charge < -0.3 is 4.74 Å². The second kappa shape index (κ2) is 7.58. The van der Waals surface area contributed by atoms with E-state index in [0.717, 1.165) is 0 Å². The van der Waals surface area contributed by atoms with Gasteiger partial charge in [0, 0.05) is 5.22 Å². The minimum Gasteiger partial charge on any atom is -0.460 e. The Morgan fingerprint density at radius 3 is 2.41 bits per heavy atom. The molecule has 29 heavy (non-hydrogen) atoms. The van der Waals surface area contributed by atoms with Gasteiger partial charge in [-0.1, -0.05) is 18.2 Å². The molecular formula is C19H10N4O6. The Bertz CT molecular complexity index is 1340. The monoisotopic (exact) mass is 390 g/mol. The van der Waals surface area contributed by atoms with Crippen molar-refractivity contribution < 1.29 is 19.4 Å². The maximum absolute atomic E-state index is 12.5. The molecule has 10 nitrogen and oxygen atoms in total. The second-order valence-electron chi connectivity index (χ2n) is 5.96. The molecule has 0 heterocycles. The van der Waals surface area contributed by atoms with Crippen molar-refractivity contribution in [1.29, 1.82) is 10.5 Å². The van der Waals surface area contributed by atoms with E-state index in [0.29, 0.717) is 21.2 Å². The fraction of sp³-hybridized carbons (Fsp3) is 0.105. The van der Waals surface area contributed by atoms with Crippen LogP contribution >= 0.6 is 0 Å². The van der Waals surface area contributed by atoms with Crippen LogP contribution in [0, 0.1) is 59.2 Å². The molecule has 142 valence electrons. The summed E-state index contributed by atoms with van der Waals surface area (Å²) >= 11 is 0. The largest absolute Gasteiger partial charge is 0.565 e. The topological polar surface area (TPSA) is 160 Å². The fourth-order valence-electron chi connectivity index (χ4n) is 3.00. The van der Waals surface area contributed by atoms with Gasteiger partial charge in [0.25, 0.3) is 0 Å². The molecule has 0 aliphatic heterocycles. The van der Waals surface area contributed by atoms with Gasteiger partial charge in [-0.2, -0.15) is 10.5 Å². The van der Waals surface area contributed by atoms with Crippen molar-refractivity contribution in [3.05, 3.63) is 88.6 Å². The van der Waals surface area contributed by atoms with Crippen LogP contribution in [0.2, 0.25) is 0 Å². The fourth-order valence-corrected chi connectivity index (χ4v) is 3.00. The maximum atomic E-state index is 12.5. The highest BCUT2D eigenvalue weighted by molar-refractivity contribution is 5.90. The Balaban J connectivity index is 2.18. The van der Waals surface area contributed by atoms with E-state index in [2.05, 4.69) is 0 Å². The van der Waals surface area contributed by atoms with E-state index >= 15 is 0 Å². The lowest BCUT2D eigenvalue weighted by molar-refractivity contribution is -0.547. The molecule has 1 aliphatic carbocycles. The number of esters is 1. The van der Waals surface area contributed by atoms with Crippen LogP contribution in [0.3, 0.4) is 0 Å². The first-order valence-corrected chi connectivity index (χ1v) is 8.12. The summed E-state index contributed by atoms with van der Waals surface area (Å²) in [5.74, 6) is -2.96. The van der Waals surface area contributed by atoms with Crippen molar-refractivity contribution in [3.63, 3.8) is 0 Å². The average molecular weight is 390 g/mol. The molecule has 0 atom stereocenters. The lowest BCUT2D eigenvalue weighted by atomic mass is 10.1. The van der Waals surface area contributed by atoms with E-state index in [9.17, 15) is 25.0 Å². The Hall–Kier alpha value is -4.57. The molecule has 0 amide bonds. The van der Waals surface area contributed by atoms with Crippen LogP contribution < -0.4 is 10.4 Å². The molecule has 0 unspecified atom stereocenters. The van der Waals surface area contributed by atoms with E-state index in [-0.39, 0.29) is 17.4 Å². The van der Waals surface area contributed by atoms with Gasteiger partial charge in [-0.05, 0) is 40.3 Å². The van der Waals surface area contributed by atoms with E-state index in [1.807, 2.05) is 0 Å². The Kier molecular flexibility index (Phi) is 5.02. The Morgan fingerprint density at radius 1 is 1.10 bits per heavy atom. The first-order valence-electron chi connectivity index (χ1n) is 8.12. The van der Waals surface area contributed by atoms with Gasteiger partial charge in [-0.3, -0.25) is 20.2 Å². The molecule has 3 rings (SSSR count). The van der Waals surface area contributed by atoms with E-state index < -0.39 is 27.6 Å². The summed E-state index contributed by atoms with van der Waals surface area (Å²) < 4.78 is 5.06. The van der Waals surface area contributed by atoms with Crippen molar-refractivity contribution in [2.75, 3.05) is 6.61 Å². The molecule has 0 saturated heterocycles. The lowest BCUT2D eigenvalue weighted by Gasteiger charge is -2.05. The predicted octanol–water partition coefficient (Wildman–Crippen LogP) is 0.555. The molecule has 1 aliphatic rings. The average Bonchev–Trinajstić information content (AvgIpc) is 3.05. The van der Waals surface area contributed by atoms with Gasteiger partial charge in [0.15, 0.2) is 5.92 Å². The molecule has 2 aromatic rings. The van der Waals surface area contributed by atoms with Crippen molar-refractivity contribution in [1.82, 2.24) is 0 Å². The normalized spacial score (nSPS) is 10.7. The minimum absolute atomic E-state index is 0.169. The zero-order valence-corrected chi connectivity index (χ0v) is 14.6. The van der Waals surface area contributed by atoms with Crippen LogP contribution in [0.15, 0.2) is 36.4 Å². The summed E-state index contributed by atoms with van der Waals surface area (Å²) in [6.45, 7) is -0.380. The van der Waals surface area contributed by atoms with E-state index in [4.69, 9.17) is 15.3 Å². The Morgan fingerprint density at radius 2 is 1.79 bits per heavy atom. The molecule has 0 saturated carbocycles. The van der Waals surface area contributed by atoms with Crippen molar-refractivity contribution in [2.24, 2.45) is 5.92 Å². The smallest absolute Gasteiger partial charge is 0.460 e. The second-order valence-corrected chi connectivity index (χ2v) is 5.96. The molecule has 2 aromatic carbocycles. The molecule has 0 radical (unpaired) electrons. The highest BCUT2D eigenvalue weighted by atomic mass is 16.7. The highest BCUT2D eigenvalue weighted by Gasteiger charge is 2.26. The Labute approximate surface area is 161 Å². The van der Waals surface area contributed by atoms with Crippen LogP contribution in [0.5, 0.6) is 0 Å². The van der Waals surface area contributed by atoms with Gasteiger partial charge in [0.1, 0.15) is 21.7 Å². The number of nitro groups is 2. The summed E-state index contributed by atoms with van der Waals surface area (Å²) in [5, 5.41) is 41.1. The number of benzene rings is 2. The van der Waals surface area contributed by atoms with Crippen LogP contribution in [-0.2, 0) is 4.74 Å². The predicted molar refractivity (Wildman–Crippen MR) is 95.8 cm³/mol. The molecule has 0 aromatic heterocycles. The zero-order chi connectivity index (χ0) is 21.1. The van der Waals surface area contributed by atoms with Crippen LogP contribution in [0.1, 0.15) is 15.9 Å². The third-order valence-electron chi connectivity index (χ3n) is 4.25. The highest BCUT2D eigenvalue weighted by Crippen LogP contribution is 2.13. The molecule has 0 bridgehead atoms. The van der Waals surface area contributed by atoms with Gasteiger partial charge in [-0.15, -0.1) is 0 Å². The number of rotatable bonds is 5. The van der Waals surface area contributed by atoms with E-state index in [1.54, 1.807) is 30.3 Å². The molecule has 0 spiro atoms. The van der Waals surface area contributed by atoms with E-state index in [1.165, 1.54) is 24.3 Å². The van der Waals surface area contributed by atoms with Crippen molar-refractivity contribution >= 4 is 17.9 Å². The minimum atomic E-state index is -1.14. The molecule has 0 N–H and O–H groups in total. The number of carbonyl (C=O) groups is 1. The summed E-state index contributed by atoms with van der Waals surface area (Å²) in [4.78, 5) is 32.3. The zero-order valence-electron chi connectivity index (χ0n) is 14.6. The van der Waals surface area contributed by atoms with Gasteiger partial charge in [0.2, 0.25) is 0 Å². The number of ether oxygens (including phenoxy) is 1. The first kappa shape index (κ1) is 19.2. The maximum Gasteiger partial charge on any atom is 0.565 e. The van der Waals surface area contributed by atoms with Gasteiger partial charge >= 0.3 is 11.8 Å². The van der Waals surface area contributed by atoms with Crippen LogP contribution in [0.4, 0.5) is 0 Å². The third kappa shape index (κ3) is 3.50. The number of hydrogen-bond acceptors (Lipinski definition) is 8. The first-order chi connectivity index (χ1) is 13.9. The summed E-state index contributed by atoms with van der Waals surface area (Å²) in [6, 6.07) is 12.3. The van der Waals surface area contributed by atoms with Crippen LogP contribution in [-0.4, -0.2) is 22.4 Å². The molecule has 10 heteroatoms. The summed E-state index contributed by atoms with van der Waals surface area (Å²) in [5.41, 5.74) is 0.665. The lowest BCUT2D eigenvalue weighted by Crippen LogP contribution is -2.19. The quantitative estimate of drug-likeness (QED) is 0.347. The third-order valence-corrected chi connectivity index (χ3v) is 4.25. The number of carbonyl (C=O) groups excluding carboxylic acids is 1. The number of hydrogen-bond donors (Lipinski definition) is 0. The molecule has 0 fully saturated rings. The van der Waals surface area contributed by atoms with Gasteiger partial charge in [0.05, 0.1) is 17.7 Å². The SMILES string of the molecule is N#CC(C#N)COC(=O)c1cccc2c1=c1ccc(=C([N+](=O)[O-])[N+](=O)[O-])cc1C=2. The number of fused-ring (bicyclic) bond motifs is 2. The van der Waals surface area contributed by atoms with Crippen LogP contribution in [0.25, 0.3) is 11.9 Å².